The number of nitrogens with zero attached hydrogens (tertiary/aromatic N) is 2. The summed E-state index contributed by atoms with van der Waals surface area (Å²) in [4.78, 5) is 19.0. The number of pyridine rings is 1. The summed E-state index contributed by atoms with van der Waals surface area (Å²) in [5, 5.41) is 3.86. The average molecular weight is 284 g/mol. The fourth-order valence-electron chi connectivity index (χ4n) is 2.93. The normalized spacial score (nSPS) is 19.0. The number of nitrogens with one attached hydrogen (secondary N) is 1. The molecule has 1 atom stereocenters. The molecular weight excluding hydrogens is 264 g/mol. The summed E-state index contributed by atoms with van der Waals surface area (Å²) in [5.74, 6) is 0.289. The lowest BCUT2D eigenvalue weighted by Gasteiger charge is -2.19. The second-order valence-electron chi connectivity index (χ2n) is 5.60. The van der Waals surface area contributed by atoms with Crippen LogP contribution in [0.25, 0.3) is 10.9 Å². The number of hydrogen-bond donors (Lipinski definition) is 2. The number of para-hydroxylation sites is 1. The van der Waals surface area contributed by atoms with Crippen LogP contribution in [0.3, 0.4) is 0 Å². The van der Waals surface area contributed by atoms with E-state index < -0.39 is 0 Å². The summed E-state index contributed by atoms with van der Waals surface area (Å²) in [6.45, 7) is 1.78. The predicted octanol–water partition coefficient (Wildman–Crippen LogP) is 1.64. The van der Waals surface area contributed by atoms with Crippen LogP contribution in [0.5, 0.6) is 0 Å². The van der Waals surface area contributed by atoms with E-state index in [9.17, 15) is 4.79 Å². The van der Waals surface area contributed by atoms with Gasteiger partial charge in [-0.05, 0) is 38.6 Å². The van der Waals surface area contributed by atoms with Crippen molar-refractivity contribution in [3.05, 3.63) is 35.9 Å². The predicted molar refractivity (Wildman–Crippen MR) is 84.1 cm³/mol. The molecule has 110 valence electrons. The molecule has 5 nitrogen and oxygen atoms in total. The zero-order valence-corrected chi connectivity index (χ0v) is 12.2. The standard InChI is InChI=1S/C16H20N4O/c1-20-8-4-5-11(20)10-18-16(21)13-9-15(17)19-14-7-3-2-6-12(13)14/h2-3,6-7,9,11H,4-5,8,10H2,1H3,(H2,17,19)(H,18,21). The maximum absolute atomic E-state index is 12.5. The largest absolute Gasteiger partial charge is 0.384 e. The number of hydrogen-bond acceptors (Lipinski definition) is 4. The number of amides is 1. The van der Waals surface area contributed by atoms with Crippen molar-refractivity contribution in [1.82, 2.24) is 15.2 Å². The highest BCUT2D eigenvalue weighted by atomic mass is 16.1. The number of likely N-dealkylation sites (N-methyl/N-ethyl adjacent to an activating group) is 1. The van der Waals surface area contributed by atoms with Gasteiger partial charge in [0.2, 0.25) is 0 Å². The summed E-state index contributed by atoms with van der Waals surface area (Å²) in [7, 11) is 2.10. The minimum Gasteiger partial charge on any atom is -0.384 e. The molecule has 5 heteroatoms. The zero-order valence-electron chi connectivity index (χ0n) is 12.2. The van der Waals surface area contributed by atoms with E-state index in [-0.39, 0.29) is 5.91 Å². The summed E-state index contributed by atoms with van der Waals surface area (Å²) >= 11 is 0. The maximum Gasteiger partial charge on any atom is 0.252 e. The first-order chi connectivity index (χ1) is 10.1. The van der Waals surface area contributed by atoms with Gasteiger partial charge in [-0.1, -0.05) is 18.2 Å². The molecule has 0 bridgehead atoms. The van der Waals surface area contributed by atoms with Gasteiger partial charge in [-0.2, -0.15) is 0 Å². The van der Waals surface area contributed by atoms with Crippen LogP contribution in [0.15, 0.2) is 30.3 Å². The molecule has 0 radical (unpaired) electrons. The average Bonchev–Trinajstić information content (AvgIpc) is 2.89. The Hall–Kier alpha value is -2.14. The first-order valence-electron chi connectivity index (χ1n) is 7.29. The fourth-order valence-corrected chi connectivity index (χ4v) is 2.93. The van der Waals surface area contributed by atoms with Crippen molar-refractivity contribution in [1.29, 1.82) is 0 Å². The van der Waals surface area contributed by atoms with Gasteiger partial charge in [0.1, 0.15) is 5.82 Å². The van der Waals surface area contributed by atoms with E-state index in [0.29, 0.717) is 24.0 Å². The second kappa shape index (κ2) is 5.69. The summed E-state index contributed by atoms with van der Waals surface area (Å²) in [5.41, 5.74) is 7.15. The van der Waals surface area contributed by atoms with Gasteiger partial charge in [-0.15, -0.1) is 0 Å². The lowest BCUT2D eigenvalue weighted by atomic mass is 10.1. The highest BCUT2D eigenvalue weighted by Gasteiger charge is 2.21. The van der Waals surface area contributed by atoms with E-state index in [0.717, 1.165) is 23.9 Å². The van der Waals surface area contributed by atoms with Crippen LogP contribution in [0.4, 0.5) is 5.82 Å². The molecule has 1 aliphatic heterocycles. The number of nitrogens with two attached hydrogens (primary N) is 1. The summed E-state index contributed by atoms with van der Waals surface area (Å²) < 4.78 is 0. The maximum atomic E-state index is 12.5. The van der Waals surface area contributed by atoms with Gasteiger partial charge >= 0.3 is 0 Å². The van der Waals surface area contributed by atoms with Crippen molar-refractivity contribution in [3.8, 4) is 0 Å². The van der Waals surface area contributed by atoms with E-state index in [1.165, 1.54) is 6.42 Å². The number of rotatable bonds is 3. The Morgan fingerprint density at radius 2 is 2.29 bits per heavy atom. The number of anilines is 1. The Morgan fingerprint density at radius 3 is 3.05 bits per heavy atom. The Bertz CT molecular complexity index is 670. The number of benzene rings is 1. The lowest BCUT2D eigenvalue weighted by Crippen LogP contribution is -2.38. The van der Waals surface area contributed by atoms with Crippen molar-refractivity contribution < 1.29 is 4.79 Å². The highest BCUT2D eigenvalue weighted by Crippen LogP contribution is 2.20. The molecule has 2 aromatic rings. The molecule has 1 aromatic heterocycles. The van der Waals surface area contributed by atoms with Gasteiger partial charge in [0.05, 0.1) is 11.1 Å². The number of likely N-dealkylation sites (tertiary alicyclic amines) is 1. The molecule has 1 amide bonds. The molecule has 1 unspecified atom stereocenters. The van der Waals surface area contributed by atoms with Gasteiger partial charge in [0.15, 0.2) is 0 Å². The van der Waals surface area contributed by atoms with E-state index in [1.807, 2.05) is 24.3 Å². The quantitative estimate of drug-likeness (QED) is 0.899. The van der Waals surface area contributed by atoms with Crippen LogP contribution >= 0.6 is 0 Å². The first-order valence-corrected chi connectivity index (χ1v) is 7.29. The molecule has 1 aliphatic rings. The number of aromatic nitrogens is 1. The Labute approximate surface area is 124 Å². The Balaban J connectivity index is 1.81. The molecule has 1 aromatic carbocycles. The Kier molecular flexibility index (Phi) is 3.75. The number of carbonyl (C=O) groups is 1. The van der Waals surface area contributed by atoms with Crippen molar-refractivity contribution >= 4 is 22.6 Å². The third kappa shape index (κ3) is 2.83. The number of nitrogen functional groups attached to an aromatic ring is 1. The second-order valence-corrected chi connectivity index (χ2v) is 5.60. The van der Waals surface area contributed by atoms with Crippen LogP contribution in [0.1, 0.15) is 23.2 Å². The minimum absolute atomic E-state index is 0.0828. The first kappa shape index (κ1) is 13.8. The lowest BCUT2D eigenvalue weighted by molar-refractivity contribution is 0.0945. The van der Waals surface area contributed by atoms with Gasteiger partial charge in [0.25, 0.3) is 5.91 Å². The smallest absolute Gasteiger partial charge is 0.252 e. The highest BCUT2D eigenvalue weighted by molar-refractivity contribution is 6.06. The van der Waals surface area contributed by atoms with E-state index in [1.54, 1.807) is 6.07 Å². The van der Waals surface area contributed by atoms with Gasteiger partial charge in [-0.25, -0.2) is 4.98 Å². The zero-order chi connectivity index (χ0) is 14.8. The van der Waals surface area contributed by atoms with Crippen molar-refractivity contribution in [2.45, 2.75) is 18.9 Å². The molecule has 0 spiro atoms. The molecule has 1 fully saturated rings. The van der Waals surface area contributed by atoms with Crippen molar-refractivity contribution in [2.75, 3.05) is 25.9 Å². The number of carbonyl (C=O) groups excluding carboxylic acids is 1. The van der Waals surface area contributed by atoms with Crippen molar-refractivity contribution in [3.63, 3.8) is 0 Å². The monoisotopic (exact) mass is 284 g/mol. The number of fused-ring (bicyclic) bond motifs is 1. The third-order valence-corrected chi connectivity index (χ3v) is 4.15. The van der Waals surface area contributed by atoms with Crippen LogP contribution in [0, 0.1) is 0 Å². The molecule has 1 saturated heterocycles. The summed E-state index contributed by atoms with van der Waals surface area (Å²) in [6.07, 6.45) is 2.33. The minimum atomic E-state index is -0.0828. The van der Waals surface area contributed by atoms with Gasteiger partial charge < -0.3 is 16.0 Å². The Morgan fingerprint density at radius 1 is 1.48 bits per heavy atom. The molecule has 3 N–H and O–H groups in total. The molecule has 0 aliphatic carbocycles. The van der Waals surface area contributed by atoms with Crippen LogP contribution in [-0.2, 0) is 0 Å². The molecule has 2 heterocycles. The SMILES string of the molecule is CN1CCCC1CNC(=O)c1cc(N)nc2ccccc12. The molecule has 3 rings (SSSR count). The molecule has 21 heavy (non-hydrogen) atoms. The van der Waals surface area contributed by atoms with Gasteiger partial charge in [-0.3, -0.25) is 4.79 Å². The van der Waals surface area contributed by atoms with E-state index in [4.69, 9.17) is 5.73 Å². The summed E-state index contributed by atoms with van der Waals surface area (Å²) in [6, 6.07) is 9.65. The van der Waals surface area contributed by atoms with E-state index >= 15 is 0 Å². The van der Waals surface area contributed by atoms with Crippen LogP contribution < -0.4 is 11.1 Å². The fraction of sp³-hybridized carbons (Fsp3) is 0.375. The van der Waals surface area contributed by atoms with Crippen LogP contribution in [-0.4, -0.2) is 42.0 Å². The van der Waals surface area contributed by atoms with Crippen LogP contribution in [0.2, 0.25) is 0 Å². The van der Waals surface area contributed by atoms with E-state index in [2.05, 4.69) is 22.2 Å². The van der Waals surface area contributed by atoms with Gasteiger partial charge in [0, 0.05) is 18.0 Å². The molecule has 0 saturated carbocycles. The topological polar surface area (TPSA) is 71.2 Å². The molecular formula is C16H20N4O. The van der Waals surface area contributed by atoms with Crippen molar-refractivity contribution in [2.24, 2.45) is 0 Å². The third-order valence-electron chi connectivity index (χ3n) is 4.15.